The van der Waals surface area contributed by atoms with Crippen molar-refractivity contribution in [1.29, 1.82) is 0 Å². The van der Waals surface area contributed by atoms with E-state index >= 15 is 0 Å². The molecule has 0 aliphatic carbocycles. The van der Waals surface area contributed by atoms with Gasteiger partial charge in [-0.15, -0.1) is 0 Å². The van der Waals surface area contributed by atoms with Crippen LogP contribution < -0.4 is 23.8 Å². The predicted octanol–water partition coefficient (Wildman–Crippen LogP) is 3.79. The molecule has 0 saturated heterocycles. The number of sulfonamides is 1. The van der Waals surface area contributed by atoms with Gasteiger partial charge in [-0.3, -0.25) is 9.10 Å². The van der Waals surface area contributed by atoms with Crippen molar-refractivity contribution in [3.05, 3.63) is 78.4 Å². The summed E-state index contributed by atoms with van der Waals surface area (Å²) in [6.07, 6.45) is 0. The Bertz CT molecular complexity index is 1240. The zero-order chi connectivity index (χ0) is 25.4. The second-order valence-electron chi connectivity index (χ2n) is 7.90. The molecule has 3 aromatic rings. The lowest BCUT2D eigenvalue weighted by molar-refractivity contribution is -0.120. The molecule has 0 radical (unpaired) electrons. The van der Waals surface area contributed by atoms with E-state index in [9.17, 15) is 13.2 Å². The second kappa shape index (κ2) is 11.6. The number of hydrogen-bond donors (Lipinski definition) is 1. The van der Waals surface area contributed by atoms with E-state index in [1.165, 1.54) is 26.4 Å². The van der Waals surface area contributed by atoms with Crippen LogP contribution in [0.4, 0.5) is 5.69 Å². The molecule has 3 rings (SSSR count). The lowest BCUT2D eigenvalue weighted by Crippen LogP contribution is -2.45. The maximum atomic E-state index is 13.6. The molecular formula is C26H30N2O6S. The van der Waals surface area contributed by atoms with Crippen LogP contribution in [0.3, 0.4) is 0 Å². The van der Waals surface area contributed by atoms with E-state index in [4.69, 9.17) is 14.2 Å². The second-order valence-corrected chi connectivity index (χ2v) is 9.77. The zero-order valence-corrected chi connectivity index (χ0v) is 21.0. The Kier molecular flexibility index (Phi) is 8.59. The van der Waals surface area contributed by atoms with Crippen LogP contribution in [-0.4, -0.2) is 47.7 Å². The number of ether oxygens (including phenoxy) is 3. The van der Waals surface area contributed by atoms with E-state index in [0.717, 1.165) is 15.6 Å². The van der Waals surface area contributed by atoms with Gasteiger partial charge in [0.2, 0.25) is 5.91 Å². The molecule has 9 heteroatoms. The minimum Gasteiger partial charge on any atom is -0.497 e. The highest BCUT2D eigenvalue weighted by atomic mass is 32.2. The van der Waals surface area contributed by atoms with Gasteiger partial charge >= 0.3 is 0 Å². The number of carbonyl (C=O) groups is 1. The number of amides is 1. The van der Waals surface area contributed by atoms with Gasteiger partial charge in [-0.2, -0.15) is 0 Å². The number of carbonyl (C=O) groups excluding carboxylic acids is 1. The molecule has 1 N–H and O–H groups in total. The van der Waals surface area contributed by atoms with E-state index in [1.807, 2.05) is 31.2 Å². The number of aryl methyl sites for hydroxylation is 1. The van der Waals surface area contributed by atoms with Gasteiger partial charge in [0.25, 0.3) is 10.0 Å². The molecule has 1 unspecified atom stereocenters. The third kappa shape index (κ3) is 6.45. The summed E-state index contributed by atoms with van der Waals surface area (Å²) >= 11 is 0. The number of methoxy groups -OCH3 is 2. The fourth-order valence-corrected chi connectivity index (χ4v) is 4.87. The maximum Gasteiger partial charge on any atom is 0.264 e. The van der Waals surface area contributed by atoms with Crippen molar-refractivity contribution in [2.24, 2.45) is 0 Å². The highest BCUT2D eigenvalue weighted by Gasteiger charge is 2.29. The number of para-hydroxylation sites is 3. The fourth-order valence-electron chi connectivity index (χ4n) is 3.44. The molecule has 8 nitrogen and oxygen atoms in total. The first-order chi connectivity index (χ1) is 16.8. The summed E-state index contributed by atoms with van der Waals surface area (Å²) in [5.41, 5.74) is 1.24. The summed E-state index contributed by atoms with van der Waals surface area (Å²) in [5.74, 6) is 1.10. The Hall–Kier alpha value is -3.72. The normalized spacial score (nSPS) is 11.9. The number of rotatable bonds is 11. The number of anilines is 1. The topological polar surface area (TPSA) is 94.2 Å². The number of nitrogens with zero attached hydrogens (tertiary/aromatic N) is 1. The lowest BCUT2D eigenvalue weighted by atomic mass is 10.2. The number of benzene rings is 3. The monoisotopic (exact) mass is 498 g/mol. The first-order valence-electron chi connectivity index (χ1n) is 11.0. The van der Waals surface area contributed by atoms with Crippen molar-refractivity contribution >= 4 is 21.6 Å². The highest BCUT2D eigenvalue weighted by molar-refractivity contribution is 7.92. The van der Waals surface area contributed by atoms with Crippen molar-refractivity contribution in [3.8, 4) is 17.2 Å². The van der Waals surface area contributed by atoms with E-state index in [0.29, 0.717) is 11.5 Å². The summed E-state index contributed by atoms with van der Waals surface area (Å²) in [5, 5.41) is 2.82. The van der Waals surface area contributed by atoms with Crippen molar-refractivity contribution in [2.45, 2.75) is 24.8 Å². The van der Waals surface area contributed by atoms with E-state index in [-0.39, 0.29) is 23.2 Å². The average Bonchev–Trinajstić information content (AvgIpc) is 2.86. The molecule has 0 fully saturated rings. The largest absolute Gasteiger partial charge is 0.497 e. The molecule has 1 amide bonds. The van der Waals surface area contributed by atoms with Crippen LogP contribution in [0.15, 0.2) is 77.7 Å². The first kappa shape index (κ1) is 25.9. The molecule has 35 heavy (non-hydrogen) atoms. The minimum absolute atomic E-state index is 0.0212. The van der Waals surface area contributed by atoms with Crippen molar-refractivity contribution in [1.82, 2.24) is 5.32 Å². The Labute approximate surface area is 206 Å². The molecule has 0 aliphatic rings. The Morgan fingerprint density at radius 3 is 2.17 bits per heavy atom. The zero-order valence-electron chi connectivity index (χ0n) is 20.2. The van der Waals surface area contributed by atoms with E-state index in [2.05, 4.69) is 5.32 Å². The minimum atomic E-state index is -4.10. The average molecular weight is 499 g/mol. The summed E-state index contributed by atoms with van der Waals surface area (Å²) in [6.45, 7) is 3.52. The van der Waals surface area contributed by atoms with Crippen LogP contribution >= 0.6 is 0 Å². The van der Waals surface area contributed by atoms with Crippen molar-refractivity contribution < 1.29 is 27.4 Å². The Balaban J connectivity index is 1.81. The SMILES string of the molecule is COc1ccc(S(=O)(=O)N(CC(=O)NC(C)COc2ccccc2C)c2ccccc2OC)cc1. The third-order valence-corrected chi connectivity index (χ3v) is 7.05. The van der Waals surface area contributed by atoms with E-state index in [1.54, 1.807) is 43.3 Å². The molecule has 0 saturated carbocycles. The van der Waals surface area contributed by atoms with Crippen LogP contribution in [0.2, 0.25) is 0 Å². The first-order valence-corrected chi connectivity index (χ1v) is 12.5. The van der Waals surface area contributed by atoms with Crippen LogP contribution in [0.25, 0.3) is 0 Å². The smallest absolute Gasteiger partial charge is 0.264 e. The summed E-state index contributed by atoms with van der Waals surface area (Å²) in [6, 6.07) is 19.9. The standard InChI is InChI=1S/C26H30N2O6S/c1-19-9-5-7-11-24(19)34-18-20(2)27-26(29)17-28(23-10-6-8-12-25(23)33-4)35(30,31)22-15-13-21(32-3)14-16-22/h5-16,20H,17-18H2,1-4H3,(H,27,29). The molecule has 0 bridgehead atoms. The van der Waals surface area contributed by atoms with Gasteiger partial charge in [-0.25, -0.2) is 8.42 Å². The summed E-state index contributed by atoms with van der Waals surface area (Å²) < 4.78 is 44.5. The molecule has 0 aliphatic heterocycles. The van der Waals surface area contributed by atoms with Crippen LogP contribution in [0.1, 0.15) is 12.5 Å². The van der Waals surface area contributed by atoms with Gasteiger partial charge in [-0.1, -0.05) is 30.3 Å². The van der Waals surface area contributed by atoms with Crippen LogP contribution in [0, 0.1) is 6.92 Å². The lowest BCUT2D eigenvalue weighted by Gasteiger charge is -2.26. The van der Waals surface area contributed by atoms with Gasteiger partial charge < -0.3 is 19.5 Å². The van der Waals surface area contributed by atoms with Crippen molar-refractivity contribution in [2.75, 3.05) is 31.7 Å². The molecule has 0 spiro atoms. The van der Waals surface area contributed by atoms with E-state index < -0.39 is 22.5 Å². The van der Waals surface area contributed by atoms with Gasteiger partial charge in [0.05, 0.1) is 30.8 Å². The molecular weight excluding hydrogens is 468 g/mol. The van der Waals surface area contributed by atoms with Crippen LogP contribution in [-0.2, 0) is 14.8 Å². The van der Waals surface area contributed by atoms with Crippen LogP contribution in [0.5, 0.6) is 17.2 Å². The Morgan fingerprint density at radius 1 is 0.914 bits per heavy atom. The molecule has 0 aromatic heterocycles. The summed E-state index contributed by atoms with van der Waals surface area (Å²) in [7, 11) is -1.15. The van der Waals surface area contributed by atoms with Crippen molar-refractivity contribution in [3.63, 3.8) is 0 Å². The predicted molar refractivity (Wildman–Crippen MR) is 135 cm³/mol. The molecule has 3 aromatic carbocycles. The highest BCUT2D eigenvalue weighted by Crippen LogP contribution is 2.32. The van der Waals surface area contributed by atoms with Gasteiger partial charge in [-0.05, 0) is 61.9 Å². The maximum absolute atomic E-state index is 13.6. The molecule has 1 atom stereocenters. The fraction of sp³-hybridized carbons (Fsp3) is 0.269. The number of hydrogen-bond acceptors (Lipinski definition) is 6. The molecule has 186 valence electrons. The van der Waals surface area contributed by atoms with Gasteiger partial charge in [0.1, 0.15) is 30.4 Å². The van der Waals surface area contributed by atoms with Gasteiger partial charge in [0, 0.05) is 0 Å². The number of nitrogens with one attached hydrogen (secondary N) is 1. The van der Waals surface area contributed by atoms with Gasteiger partial charge in [0.15, 0.2) is 0 Å². The summed E-state index contributed by atoms with van der Waals surface area (Å²) in [4.78, 5) is 13.0. The third-order valence-electron chi connectivity index (χ3n) is 5.28. The quantitative estimate of drug-likeness (QED) is 0.432. The molecule has 0 heterocycles. The Morgan fingerprint density at radius 2 is 1.54 bits per heavy atom.